The van der Waals surface area contributed by atoms with Gasteiger partial charge in [-0.3, -0.25) is 4.99 Å². The van der Waals surface area contributed by atoms with Crippen LogP contribution >= 0.6 is 0 Å². The molecular formula is C11H14N4. The molecule has 1 aromatic carbocycles. The quantitative estimate of drug-likeness (QED) is 0.558. The van der Waals surface area contributed by atoms with Crippen molar-refractivity contribution >= 4 is 16.9 Å². The molecule has 78 valence electrons. The topological polar surface area (TPSA) is 56.2 Å². The molecule has 0 saturated carbocycles. The first kappa shape index (κ1) is 9.71. The number of hydrogen-bond donors (Lipinski definition) is 1. The number of aryl methyl sites for hydroxylation is 2. The van der Waals surface area contributed by atoms with E-state index in [4.69, 9.17) is 5.73 Å². The molecule has 1 aromatic heterocycles. The summed E-state index contributed by atoms with van der Waals surface area (Å²) in [6.45, 7) is 1.98. The fourth-order valence-electron chi connectivity index (χ4n) is 1.61. The number of aromatic nitrogens is 2. The highest BCUT2D eigenvalue weighted by atomic mass is 15.0. The maximum absolute atomic E-state index is 5.75. The Bertz CT molecular complexity index is 537. The van der Waals surface area contributed by atoms with Gasteiger partial charge >= 0.3 is 0 Å². The summed E-state index contributed by atoms with van der Waals surface area (Å²) >= 11 is 0. The molecule has 0 aliphatic carbocycles. The summed E-state index contributed by atoms with van der Waals surface area (Å²) in [5, 5.41) is 0. The van der Waals surface area contributed by atoms with Crippen molar-refractivity contribution in [1.29, 1.82) is 0 Å². The Labute approximate surface area is 88.4 Å². The van der Waals surface area contributed by atoms with Gasteiger partial charge in [-0.1, -0.05) is 0 Å². The number of rotatable bonds is 1. The molecule has 0 unspecified atom stereocenters. The van der Waals surface area contributed by atoms with E-state index in [9.17, 15) is 0 Å². The molecule has 4 nitrogen and oxygen atoms in total. The zero-order valence-electron chi connectivity index (χ0n) is 9.15. The summed E-state index contributed by atoms with van der Waals surface area (Å²) in [6, 6.07) is 5.94. The maximum Gasteiger partial charge on any atom is 0.125 e. The van der Waals surface area contributed by atoms with Gasteiger partial charge in [-0.15, -0.1) is 0 Å². The van der Waals surface area contributed by atoms with Crippen molar-refractivity contribution in [3.05, 3.63) is 29.6 Å². The summed E-state index contributed by atoms with van der Waals surface area (Å²) in [4.78, 5) is 8.40. The molecule has 0 bridgehead atoms. The minimum absolute atomic E-state index is 0.542. The third-order valence-corrected chi connectivity index (χ3v) is 2.64. The first-order valence-corrected chi connectivity index (χ1v) is 4.79. The number of amidine groups is 1. The number of aliphatic imine (C=N–C) groups is 1. The van der Waals surface area contributed by atoms with Crippen LogP contribution in [0.2, 0.25) is 0 Å². The second-order valence-electron chi connectivity index (χ2n) is 3.53. The Morgan fingerprint density at radius 1 is 1.47 bits per heavy atom. The lowest BCUT2D eigenvalue weighted by molar-refractivity contribution is 0.886. The molecule has 0 aliphatic heterocycles. The Hall–Kier alpha value is -1.84. The van der Waals surface area contributed by atoms with Crippen LogP contribution < -0.4 is 5.73 Å². The molecule has 2 rings (SSSR count). The van der Waals surface area contributed by atoms with E-state index in [1.165, 1.54) is 0 Å². The third kappa shape index (κ3) is 1.48. The smallest absolute Gasteiger partial charge is 0.125 e. The highest BCUT2D eigenvalue weighted by molar-refractivity contribution is 6.00. The molecule has 15 heavy (non-hydrogen) atoms. The SMILES string of the molecule is CN=C(N)c1ccc2c(c1)nc(C)n2C. The number of imidazole rings is 1. The van der Waals surface area contributed by atoms with Crippen molar-refractivity contribution < 1.29 is 0 Å². The van der Waals surface area contributed by atoms with Gasteiger partial charge < -0.3 is 10.3 Å². The van der Waals surface area contributed by atoms with Gasteiger partial charge in [0.05, 0.1) is 11.0 Å². The average Bonchev–Trinajstić information content (AvgIpc) is 2.53. The monoisotopic (exact) mass is 202 g/mol. The fraction of sp³-hybridized carbons (Fsp3) is 0.273. The third-order valence-electron chi connectivity index (χ3n) is 2.64. The highest BCUT2D eigenvalue weighted by Crippen LogP contribution is 2.16. The lowest BCUT2D eigenvalue weighted by Crippen LogP contribution is -2.12. The van der Waals surface area contributed by atoms with Gasteiger partial charge in [0.2, 0.25) is 0 Å². The van der Waals surface area contributed by atoms with Crippen LogP contribution in [0.25, 0.3) is 11.0 Å². The predicted molar refractivity (Wildman–Crippen MR) is 62.1 cm³/mol. The largest absolute Gasteiger partial charge is 0.384 e. The normalized spacial score (nSPS) is 12.3. The molecule has 1 heterocycles. The van der Waals surface area contributed by atoms with Crippen LogP contribution in [0.3, 0.4) is 0 Å². The Morgan fingerprint density at radius 2 is 2.20 bits per heavy atom. The van der Waals surface area contributed by atoms with Gasteiger partial charge in [-0.2, -0.15) is 0 Å². The summed E-state index contributed by atoms with van der Waals surface area (Å²) in [7, 11) is 3.69. The van der Waals surface area contributed by atoms with Crippen molar-refractivity contribution in [1.82, 2.24) is 9.55 Å². The van der Waals surface area contributed by atoms with E-state index in [1.807, 2.05) is 32.2 Å². The van der Waals surface area contributed by atoms with E-state index in [-0.39, 0.29) is 0 Å². The van der Waals surface area contributed by atoms with Crippen molar-refractivity contribution in [2.75, 3.05) is 7.05 Å². The number of nitrogens with two attached hydrogens (primary N) is 1. The highest BCUT2D eigenvalue weighted by Gasteiger charge is 2.05. The van der Waals surface area contributed by atoms with Crippen molar-refractivity contribution in [3.8, 4) is 0 Å². The van der Waals surface area contributed by atoms with E-state index in [2.05, 4.69) is 14.5 Å². The van der Waals surface area contributed by atoms with Gasteiger partial charge in [0.25, 0.3) is 0 Å². The van der Waals surface area contributed by atoms with E-state index in [0.29, 0.717) is 5.84 Å². The van der Waals surface area contributed by atoms with E-state index in [1.54, 1.807) is 7.05 Å². The first-order chi connectivity index (χ1) is 7.13. The number of benzene rings is 1. The van der Waals surface area contributed by atoms with Crippen molar-refractivity contribution in [3.63, 3.8) is 0 Å². The molecule has 0 spiro atoms. The van der Waals surface area contributed by atoms with Crippen LogP contribution in [-0.4, -0.2) is 22.4 Å². The summed E-state index contributed by atoms with van der Waals surface area (Å²) in [6.07, 6.45) is 0. The van der Waals surface area contributed by atoms with Crippen LogP contribution in [0.15, 0.2) is 23.2 Å². The maximum atomic E-state index is 5.75. The zero-order chi connectivity index (χ0) is 11.0. The number of fused-ring (bicyclic) bond motifs is 1. The van der Waals surface area contributed by atoms with Crippen LogP contribution in [0.4, 0.5) is 0 Å². The minimum atomic E-state index is 0.542. The van der Waals surface area contributed by atoms with Crippen LogP contribution in [-0.2, 0) is 7.05 Å². The van der Waals surface area contributed by atoms with Crippen molar-refractivity contribution in [2.24, 2.45) is 17.8 Å². The van der Waals surface area contributed by atoms with E-state index in [0.717, 1.165) is 22.4 Å². The second kappa shape index (κ2) is 3.38. The van der Waals surface area contributed by atoms with Gasteiger partial charge in [-0.05, 0) is 25.1 Å². The molecule has 0 amide bonds. The molecule has 2 N–H and O–H groups in total. The van der Waals surface area contributed by atoms with Gasteiger partial charge in [0.1, 0.15) is 11.7 Å². The van der Waals surface area contributed by atoms with Gasteiger partial charge in [-0.25, -0.2) is 4.98 Å². The Balaban J connectivity index is 2.67. The summed E-state index contributed by atoms with van der Waals surface area (Å²) < 4.78 is 2.05. The standard InChI is InChI=1S/C11H14N4/c1-7-14-9-6-8(11(12)13-2)4-5-10(9)15(7)3/h4-6H,1-3H3,(H2,12,13). The fourth-order valence-corrected chi connectivity index (χ4v) is 1.61. The predicted octanol–water partition coefficient (Wildman–Crippen LogP) is 1.22. The van der Waals surface area contributed by atoms with E-state index >= 15 is 0 Å². The summed E-state index contributed by atoms with van der Waals surface area (Å²) in [5.74, 6) is 1.54. The molecule has 0 saturated heterocycles. The summed E-state index contributed by atoms with van der Waals surface area (Å²) in [5.41, 5.74) is 8.73. The molecule has 4 heteroatoms. The lowest BCUT2D eigenvalue weighted by atomic mass is 10.2. The second-order valence-corrected chi connectivity index (χ2v) is 3.53. The molecule has 0 aliphatic rings. The van der Waals surface area contributed by atoms with Crippen LogP contribution in [0.1, 0.15) is 11.4 Å². The molecule has 0 atom stereocenters. The molecule has 0 fully saturated rings. The average molecular weight is 202 g/mol. The van der Waals surface area contributed by atoms with Gasteiger partial charge in [0, 0.05) is 19.7 Å². The van der Waals surface area contributed by atoms with Gasteiger partial charge in [0.15, 0.2) is 0 Å². The Kier molecular flexibility index (Phi) is 2.19. The first-order valence-electron chi connectivity index (χ1n) is 4.79. The van der Waals surface area contributed by atoms with E-state index < -0.39 is 0 Å². The molecule has 0 radical (unpaired) electrons. The zero-order valence-corrected chi connectivity index (χ0v) is 9.15. The van der Waals surface area contributed by atoms with Crippen molar-refractivity contribution in [2.45, 2.75) is 6.92 Å². The lowest BCUT2D eigenvalue weighted by Gasteiger charge is -2.00. The Morgan fingerprint density at radius 3 is 2.87 bits per heavy atom. The van der Waals surface area contributed by atoms with Crippen LogP contribution in [0, 0.1) is 6.92 Å². The van der Waals surface area contributed by atoms with Crippen LogP contribution in [0.5, 0.6) is 0 Å². The minimum Gasteiger partial charge on any atom is -0.384 e. The molecular weight excluding hydrogens is 188 g/mol. The number of hydrogen-bond acceptors (Lipinski definition) is 2. The number of nitrogens with zero attached hydrogens (tertiary/aromatic N) is 3. The molecule has 2 aromatic rings.